The predicted molar refractivity (Wildman–Crippen MR) is 80.2 cm³/mol. The minimum atomic E-state index is -0.161. The first-order valence-corrected chi connectivity index (χ1v) is 7.26. The highest BCUT2D eigenvalue weighted by Crippen LogP contribution is 2.22. The molecular formula is C13H19N5OS. The largest absolute Gasteiger partial charge is 0.312 e. The highest BCUT2D eigenvalue weighted by atomic mass is 32.1. The number of carbonyl (C=O) groups is 1. The van der Waals surface area contributed by atoms with E-state index in [0.29, 0.717) is 10.7 Å². The standard InChI is InChI=1S/C13H19N5OS/c1-7(14-4)10-6-20-13(15-10)16-12(19)11-8(2)17-18(5)9(11)3/h6-7,14H,1-5H3,(H,15,16,19). The van der Waals surface area contributed by atoms with E-state index in [4.69, 9.17) is 0 Å². The van der Waals surface area contributed by atoms with Crippen molar-refractivity contribution in [3.05, 3.63) is 28.0 Å². The SMILES string of the molecule is CNC(C)c1csc(NC(=O)c2c(C)nn(C)c2C)n1. The van der Waals surface area contributed by atoms with Crippen molar-refractivity contribution in [3.63, 3.8) is 0 Å². The normalized spacial score (nSPS) is 12.4. The lowest BCUT2D eigenvalue weighted by Crippen LogP contribution is -2.15. The number of anilines is 1. The molecule has 0 saturated heterocycles. The molecule has 2 rings (SSSR count). The monoisotopic (exact) mass is 293 g/mol. The maximum absolute atomic E-state index is 12.3. The van der Waals surface area contributed by atoms with Crippen LogP contribution in [0.3, 0.4) is 0 Å². The minimum absolute atomic E-state index is 0.161. The van der Waals surface area contributed by atoms with E-state index in [9.17, 15) is 4.79 Å². The second-order valence-electron chi connectivity index (χ2n) is 4.71. The van der Waals surface area contributed by atoms with Gasteiger partial charge in [-0.05, 0) is 27.8 Å². The zero-order valence-electron chi connectivity index (χ0n) is 12.3. The number of rotatable bonds is 4. The third-order valence-electron chi connectivity index (χ3n) is 3.36. The van der Waals surface area contributed by atoms with E-state index in [1.54, 1.807) is 4.68 Å². The molecule has 0 fully saturated rings. The molecule has 2 heterocycles. The molecule has 1 unspecified atom stereocenters. The van der Waals surface area contributed by atoms with Gasteiger partial charge in [0.15, 0.2) is 5.13 Å². The van der Waals surface area contributed by atoms with Crippen molar-refractivity contribution in [1.29, 1.82) is 0 Å². The molecule has 0 aliphatic rings. The Morgan fingerprint density at radius 2 is 2.15 bits per heavy atom. The molecule has 1 atom stereocenters. The van der Waals surface area contributed by atoms with Crippen LogP contribution in [0.4, 0.5) is 5.13 Å². The van der Waals surface area contributed by atoms with Gasteiger partial charge in [0.25, 0.3) is 5.91 Å². The van der Waals surface area contributed by atoms with Crippen LogP contribution in [0.2, 0.25) is 0 Å². The van der Waals surface area contributed by atoms with Crippen LogP contribution in [-0.4, -0.2) is 27.7 Å². The molecule has 0 saturated carbocycles. The highest BCUT2D eigenvalue weighted by Gasteiger charge is 2.18. The number of hydrogen-bond acceptors (Lipinski definition) is 5. The van der Waals surface area contributed by atoms with Gasteiger partial charge in [-0.1, -0.05) is 0 Å². The quantitative estimate of drug-likeness (QED) is 0.904. The van der Waals surface area contributed by atoms with E-state index < -0.39 is 0 Å². The average Bonchev–Trinajstić information content (AvgIpc) is 2.94. The summed E-state index contributed by atoms with van der Waals surface area (Å²) in [4.78, 5) is 16.7. The Morgan fingerprint density at radius 1 is 1.45 bits per heavy atom. The van der Waals surface area contributed by atoms with Gasteiger partial charge < -0.3 is 5.32 Å². The third kappa shape index (κ3) is 2.73. The number of carbonyl (C=O) groups excluding carboxylic acids is 1. The van der Waals surface area contributed by atoms with Crippen LogP contribution in [0, 0.1) is 13.8 Å². The van der Waals surface area contributed by atoms with Crippen LogP contribution in [0.25, 0.3) is 0 Å². The molecular weight excluding hydrogens is 274 g/mol. The number of hydrogen-bond donors (Lipinski definition) is 2. The molecule has 0 radical (unpaired) electrons. The van der Waals surface area contributed by atoms with Crippen molar-refractivity contribution in [2.45, 2.75) is 26.8 Å². The van der Waals surface area contributed by atoms with Gasteiger partial charge in [-0.2, -0.15) is 5.10 Å². The summed E-state index contributed by atoms with van der Waals surface area (Å²) in [6.45, 7) is 5.74. The number of nitrogens with zero attached hydrogens (tertiary/aromatic N) is 3. The Labute approximate surface area is 122 Å². The topological polar surface area (TPSA) is 71.8 Å². The fraction of sp³-hybridized carbons (Fsp3) is 0.462. The maximum atomic E-state index is 12.3. The second kappa shape index (κ2) is 5.72. The van der Waals surface area contributed by atoms with E-state index in [2.05, 4.69) is 20.7 Å². The fourth-order valence-electron chi connectivity index (χ4n) is 1.95. The summed E-state index contributed by atoms with van der Waals surface area (Å²) in [6, 6.07) is 0.166. The van der Waals surface area contributed by atoms with E-state index in [0.717, 1.165) is 17.1 Å². The Morgan fingerprint density at radius 3 is 2.70 bits per heavy atom. The molecule has 2 aromatic rings. The lowest BCUT2D eigenvalue weighted by molar-refractivity contribution is 0.102. The number of aromatic nitrogens is 3. The van der Waals surface area contributed by atoms with Gasteiger partial charge >= 0.3 is 0 Å². The molecule has 0 bridgehead atoms. The summed E-state index contributed by atoms with van der Waals surface area (Å²) in [7, 11) is 3.71. The highest BCUT2D eigenvalue weighted by molar-refractivity contribution is 7.14. The third-order valence-corrected chi connectivity index (χ3v) is 4.13. The molecule has 7 heteroatoms. The zero-order chi connectivity index (χ0) is 14.9. The first-order chi connectivity index (χ1) is 9.43. The van der Waals surface area contributed by atoms with Crippen LogP contribution >= 0.6 is 11.3 Å². The Balaban J connectivity index is 2.17. The maximum Gasteiger partial charge on any atom is 0.261 e. The Hall–Kier alpha value is -1.73. The Kier molecular flexibility index (Phi) is 4.20. The molecule has 1 amide bonds. The lowest BCUT2D eigenvalue weighted by atomic mass is 10.2. The van der Waals surface area contributed by atoms with E-state index in [1.807, 2.05) is 40.2 Å². The Bertz CT molecular complexity index is 631. The zero-order valence-corrected chi connectivity index (χ0v) is 13.1. The van der Waals surface area contributed by atoms with E-state index in [1.165, 1.54) is 11.3 Å². The molecule has 0 aliphatic heterocycles. The van der Waals surface area contributed by atoms with Gasteiger partial charge in [0.2, 0.25) is 0 Å². The number of nitrogens with one attached hydrogen (secondary N) is 2. The molecule has 108 valence electrons. The average molecular weight is 293 g/mol. The van der Waals surface area contributed by atoms with Gasteiger partial charge in [-0.15, -0.1) is 11.3 Å². The summed E-state index contributed by atoms with van der Waals surface area (Å²) in [5.74, 6) is -0.161. The first-order valence-electron chi connectivity index (χ1n) is 6.38. The van der Waals surface area contributed by atoms with Gasteiger partial charge in [0.05, 0.1) is 17.0 Å². The van der Waals surface area contributed by atoms with Gasteiger partial charge in [0, 0.05) is 24.2 Å². The second-order valence-corrected chi connectivity index (χ2v) is 5.57. The molecule has 2 N–H and O–H groups in total. The number of thiazole rings is 1. The first kappa shape index (κ1) is 14.7. The summed E-state index contributed by atoms with van der Waals surface area (Å²) < 4.78 is 1.71. The van der Waals surface area contributed by atoms with Crippen LogP contribution in [-0.2, 0) is 7.05 Å². The van der Waals surface area contributed by atoms with Crippen molar-refractivity contribution in [2.75, 3.05) is 12.4 Å². The van der Waals surface area contributed by atoms with Crippen molar-refractivity contribution >= 4 is 22.4 Å². The summed E-state index contributed by atoms with van der Waals surface area (Å²) in [5, 5.41) is 12.8. The molecule has 20 heavy (non-hydrogen) atoms. The summed E-state index contributed by atoms with van der Waals surface area (Å²) in [6.07, 6.45) is 0. The van der Waals surface area contributed by atoms with E-state index >= 15 is 0 Å². The van der Waals surface area contributed by atoms with Crippen molar-refractivity contribution < 1.29 is 4.79 Å². The molecule has 0 aromatic carbocycles. The minimum Gasteiger partial charge on any atom is -0.312 e. The molecule has 0 aliphatic carbocycles. The van der Waals surface area contributed by atoms with Crippen LogP contribution in [0.15, 0.2) is 5.38 Å². The van der Waals surface area contributed by atoms with Crippen LogP contribution in [0.5, 0.6) is 0 Å². The summed E-state index contributed by atoms with van der Waals surface area (Å²) >= 11 is 1.42. The van der Waals surface area contributed by atoms with Gasteiger partial charge in [0.1, 0.15) is 0 Å². The van der Waals surface area contributed by atoms with Gasteiger partial charge in [-0.3, -0.25) is 14.8 Å². The van der Waals surface area contributed by atoms with E-state index in [-0.39, 0.29) is 11.9 Å². The smallest absolute Gasteiger partial charge is 0.261 e. The van der Waals surface area contributed by atoms with Gasteiger partial charge in [-0.25, -0.2) is 4.98 Å². The van der Waals surface area contributed by atoms with Crippen LogP contribution < -0.4 is 10.6 Å². The molecule has 0 spiro atoms. The predicted octanol–water partition coefficient (Wildman–Crippen LogP) is 2.03. The van der Waals surface area contributed by atoms with Crippen molar-refractivity contribution in [1.82, 2.24) is 20.1 Å². The number of aryl methyl sites for hydroxylation is 2. The van der Waals surface area contributed by atoms with Crippen molar-refractivity contribution in [3.8, 4) is 0 Å². The molecule has 2 aromatic heterocycles. The fourth-order valence-corrected chi connectivity index (χ4v) is 2.75. The lowest BCUT2D eigenvalue weighted by Gasteiger charge is -2.05. The number of amides is 1. The van der Waals surface area contributed by atoms with Crippen molar-refractivity contribution in [2.24, 2.45) is 7.05 Å². The summed E-state index contributed by atoms with van der Waals surface area (Å²) in [5.41, 5.74) is 3.11. The van der Waals surface area contributed by atoms with Crippen LogP contribution in [0.1, 0.15) is 40.4 Å². The molecule has 6 nitrogen and oxygen atoms in total.